The second-order valence-corrected chi connectivity index (χ2v) is 3.23. The topological polar surface area (TPSA) is 46.2 Å². The quantitative estimate of drug-likeness (QED) is 0.555. The molecule has 0 fully saturated rings. The van der Waals surface area contributed by atoms with Crippen molar-refractivity contribution < 1.29 is 9.59 Å². The maximum atomic E-state index is 11.3. The van der Waals surface area contributed by atoms with E-state index in [0.717, 1.165) is 11.1 Å². The number of rotatable bonds is 0. The number of amides is 2. The van der Waals surface area contributed by atoms with Crippen LogP contribution in [0.1, 0.15) is 12.8 Å². The lowest BCUT2D eigenvalue weighted by atomic mass is 9.90. The normalized spacial score (nSPS) is 21.7. The Labute approximate surface area is 75.8 Å². The predicted molar refractivity (Wildman–Crippen MR) is 47.7 cm³/mol. The summed E-state index contributed by atoms with van der Waals surface area (Å²) in [5, 5.41) is 2.29. The van der Waals surface area contributed by atoms with Gasteiger partial charge in [0.1, 0.15) is 0 Å². The second-order valence-electron chi connectivity index (χ2n) is 3.23. The Morgan fingerprint density at radius 2 is 2.00 bits per heavy atom. The minimum Gasteiger partial charge on any atom is -0.292 e. The molecule has 66 valence electrons. The standard InChI is InChI=1S/C10H9NO2/c1-6-2-3-7-5-9(12)11-10(13)8(7)4-6/h2-3H,1,4-5H2,(H,11,12,13). The summed E-state index contributed by atoms with van der Waals surface area (Å²) in [6.07, 6.45) is 4.53. The maximum absolute atomic E-state index is 11.3. The van der Waals surface area contributed by atoms with Gasteiger partial charge < -0.3 is 0 Å². The lowest BCUT2D eigenvalue weighted by Gasteiger charge is -2.20. The lowest BCUT2D eigenvalue weighted by molar-refractivity contribution is -0.129. The van der Waals surface area contributed by atoms with Crippen LogP contribution in [0.2, 0.25) is 0 Å². The number of allylic oxidation sites excluding steroid dienone is 3. The highest BCUT2D eigenvalue weighted by Crippen LogP contribution is 2.26. The number of nitrogens with one attached hydrogen (secondary N) is 1. The number of imide groups is 1. The molecule has 0 atom stereocenters. The first kappa shape index (κ1) is 7.98. The first-order valence-corrected chi connectivity index (χ1v) is 4.09. The third-order valence-electron chi connectivity index (χ3n) is 2.19. The number of carbonyl (C=O) groups is 2. The van der Waals surface area contributed by atoms with Crippen LogP contribution in [-0.2, 0) is 9.59 Å². The summed E-state index contributed by atoms with van der Waals surface area (Å²) in [7, 11) is 0. The van der Waals surface area contributed by atoms with Gasteiger partial charge in [-0.05, 0) is 5.57 Å². The van der Waals surface area contributed by atoms with Crippen LogP contribution in [0.25, 0.3) is 0 Å². The van der Waals surface area contributed by atoms with Gasteiger partial charge in [0, 0.05) is 12.0 Å². The van der Waals surface area contributed by atoms with Crippen LogP contribution in [-0.4, -0.2) is 11.8 Å². The molecule has 2 aliphatic rings. The van der Waals surface area contributed by atoms with Crippen LogP contribution in [0.4, 0.5) is 0 Å². The molecule has 2 rings (SSSR count). The molecule has 1 aliphatic carbocycles. The molecule has 0 radical (unpaired) electrons. The largest absolute Gasteiger partial charge is 0.292 e. The van der Waals surface area contributed by atoms with Gasteiger partial charge in [-0.15, -0.1) is 0 Å². The zero-order valence-corrected chi connectivity index (χ0v) is 7.09. The van der Waals surface area contributed by atoms with Crippen molar-refractivity contribution in [3.63, 3.8) is 0 Å². The van der Waals surface area contributed by atoms with Gasteiger partial charge in [-0.1, -0.05) is 24.3 Å². The highest BCUT2D eigenvalue weighted by molar-refractivity contribution is 6.09. The van der Waals surface area contributed by atoms with E-state index in [0.29, 0.717) is 18.4 Å². The Bertz CT molecular complexity index is 374. The maximum Gasteiger partial charge on any atom is 0.254 e. The Balaban J connectivity index is 2.41. The second kappa shape index (κ2) is 2.69. The summed E-state index contributed by atoms with van der Waals surface area (Å²) in [5.41, 5.74) is 2.43. The van der Waals surface area contributed by atoms with E-state index in [2.05, 4.69) is 11.9 Å². The molecule has 0 spiro atoms. The molecular formula is C10H9NO2. The molecule has 2 amide bonds. The molecule has 1 heterocycles. The molecule has 0 saturated heterocycles. The predicted octanol–water partition coefficient (Wildman–Crippen LogP) is 0.846. The van der Waals surface area contributed by atoms with Gasteiger partial charge in [0.05, 0.1) is 6.42 Å². The molecule has 0 bridgehead atoms. The number of hydrogen-bond acceptors (Lipinski definition) is 2. The fourth-order valence-electron chi connectivity index (χ4n) is 1.53. The summed E-state index contributed by atoms with van der Waals surface area (Å²) in [5.74, 6) is -0.488. The van der Waals surface area contributed by atoms with Gasteiger partial charge in [0.2, 0.25) is 5.91 Å². The third-order valence-corrected chi connectivity index (χ3v) is 2.19. The smallest absolute Gasteiger partial charge is 0.254 e. The highest BCUT2D eigenvalue weighted by atomic mass is 16.2. The zero-order valence-electron chi connectivity index (χ0n) is 7.09. The Kier molecular flexibility index (Phi) is 1.65. The molecule has 0 aromatic heterocycles. The first-order valence-electron chi connectivity index (χ1n) is 4.09. The van der Waals surface area contributed by atoms with Crippen LogP contribution in [0.15, 0.2) is 35.5 Å². The molecule has 1 N–H and O–H groups in total. The van der Waals surface area contributed by atoms with Crippen molar-refractivity contribution in [3.05, 3.63) is 35.5 Å². The van der Waals surface area contributed by atoms with Crippen LogP contribution in [0.3, 0.4) is 0 Å². The Hall–Kier alpha value is -1.64. The molecule has 0 aromatic rings. The van der Waals surface area contributed by atoms with E-state index in [9.17, 15) is 9.59 Å². The minimum absolute atomic E-state index is 0.221. The van der Waals surface area contributed by atoms with E-state index in [1.807, 2.05) is 6.08 Å². The summed E-state index contributed by atoms with van der Waals surface area (Å²) < 4.78 is 0. The summed E-state index contributed by atoms with van der Waals surface area (Å²) in [6, 6.07) is 0. The average molecular weight is 175 g/mol. The molecule has 0 saturated carbocycles. The minimum atomic E-state index is -0.267. The third kappa shape index (κ3) is 1.33. The summed E-state index contributed by atoms with van der Waals surface area (Å²) >= 11 is 0. The fourth-order valence-corrected chi connectivity index (χ4v) is 1.53. The van der Waals surface area contributed by atoms with Crippen LogP contribution in [0.5, 0.6) is 0 Å². The van der Waals surface area contributed by atoms with E-state index in [1.165, 1.54) is 0 Å². The number of carbonyl (C=O) groups excluding carboxylic acids is 2. The molecular weight excluding hydrogens is 166 g/mol. The molecule has 13 heavy (non-hydrogen) atoms. The van der Waals surface area contributed by atoms with Gasteiger partial charge in [0.25, 0.3) is 5.91 Å². The lowest BCUT2D eigenvalue weighted by Crippen LogP contribution is -2.37. The monoisotopic (exact) mass is 175 g/mol. The molecule has 0 aromatic carbocycles. The van der Waals surface area contributed by atoms with Crippen molar-refractivity contribution in [2.75, 3.05) is 0 Å². The molecule has 1 aliphatic heterocycles. The number of hydrogen-bond donors (Lipinski definition) is 1. The van der Waals surface area contributed by atoms with Crippen molar-refractivity contribution in [1.29, 1.82) is 0 Å². The van der Waals surface area contributed by atoms with Crippen molar-refractivity contribution >= 4 is 11.8 Å². The van der Waals surface area contributed by atoms with Crippen LogP contribution < -0.4 is 5.32 Å². The van der Waals surface area contributed by atoms with Crippen molar-refractivity contribution in [2.45, 2.75) is 12.8 Å². The van der Waals surface area contributed by atoms with E-state index >= 15 is 0 Å². The van der Waals surface area contributed by atoms with Crippen molar-refractivity contribution in [1.82, 2.24) is 5.32 Å². The average Bonchev–Trinajstić information content (AvgIpc) is 2.06. The van der Waals surface area contributed by atoms with Gasteiger partial charge in [-0.25, -0.2) is 0 Å². The molecule has 3 nitrogen and oxygen atoms in total. The fraction of sp³-hybridized carbons (Fsp3) is 0.200. The van der Waals surface area contributed by atoms with Crippen LogP contribution >= 0.6 is 0 Å². The van der Waals surface area contributed by atoms with Crippen molar-refractivity contribution in [3.8, 4) is 0 Å². The van der Waals surface area contributed by atoms with Crippen LogP contribution in [0, 0.1) is 0 Å². The van der Waals surface area contributed by atoms with E-state index in [1.54, 1.807) is 6.08 Å². The molecule has 3 heteroatoms. The Morgan fingerprint density at radius 1 is 1.23 bits per heavy atom. The van der Waals surface area contributed by atoms with Gasteiger partial charge in [-0.2, -0.15) is 0 Å². The Morgan fingerprint density at radius 3 is 2.77 bits per heavy atom. The van der Waals surface area contributed by atoms with Crippen molar-refractivity contribution in [2.24, 2.45) is 0 Å². The van der Waals surface area contributed by atoms with E-state index in [4.69, 9.17) is 0 Å². The highest BCUT2D eigenvalue weighted by Gasteiger charge is 2.25. The van der Waals surface area contributed by atoms with Gasteiger partial charge >= 0.3 is 0 Å². The first-order chi connectivity index (χ1) is 6.16. The zero-order chi connectivity index (χ0) is 9.42. The van der Waals surface area contributed by atoms with Gasteiger partial charge in [0.15, 0.2) is 0 Å². The van der Waals surface area contributed by atoms with E-state index < -0.39 is 0 Å². The SMILES string of the molecule is C=C1C=CC2=C(C1)C(=O)NC(=O)C2. The summed E-state index contributed by atoms with van der Waals surface area (Å²) in [4.78, 5) is 22.3. The van der Waals surface area contributed by atoms with Gasteiger partial charge in [-0.3, -0.25) is 14.9 Å². The molecule has 0 unspecified atom stereocenters. The van der Waals surface area contributed by atoms with E-state index in [-0.39, 0.29) is 11.8 Å². The summed E-state index contributed by atoms with van der Waals surface area (Å²) in [6.45, 7) is 3.77.